The summed E-state index contributed by atoms with van der Waals surface area (Å²) in [5.41, 5.74) is 4.69. The first-order valence-corrected chi connectivity index (χ1v) is 5.48. The molecule has 0 unspecified atom stereocenters. The lowest BCUT2D eigenvalue weighted by Crippen LogP contribution is -2.12. The van der Waals surface area contributed by atoms with Crippen LogP contribution in [0, 0.1) is 3.57 Å². The minimum atomic E-state index is -4.34. The van der Waals surface area contributed by atoms with Crippen molar-refractivity contribution in [2.75, 3.05) is 0 Å². The minimum absolute atomic E-state index is 0.102. The molecule has 0 aromatic heterocycles. The smallest absolute Gasteiger partial charge is 0.326 e. The summed E-state index contributed by atoms with van der Waals surface area (Å²) in [4.78, 5) is 0. The minimum Gasteiger partial charge on any atom is -0.326 e. The molecule has 0 saturated carbocycles. The fourth-order valence-corrected chi connectivity index (χ4v) is 1.88. The molecule has 0 amide bonds. The molecule has 0 saturated heterocycles. The van der Waals surface area contributed by atoms with E-state index in [2.05, 4.69) is 15.9 Å². The van der Waals surface area contributed by atoms with E-state index in [0.717, 1.165) is 6.07 Å². The molecule has 0 heterocycles. The molecule has 0 aliphatic heterocycles. The van der Waals surface area contributed by atoms with Crippen LogP contribution in [-0.2, 0) is 12.7 Å². The Morgan fingerprint density at radius 3 is 2.36 bits per heavy atom. The van der Waals surface area contributed by atoms with E-state index >= 15 is 0 Å². The molecule has 1 nitrogen and oxygen atoms in total. The highest BCUT2D eigenvalue weighted by Crippen LogP contribution is 2.35. The first-order valence-electron chi connectivity index (χ1n) is 3.61. The Morgan fingerprint density at radius 1 is 1.36 bits per heavy atom. The highest BCUT2D eigenvalue weighted by molar-refractivity contribution is 14.1. The zero-order valence-electron chi connectivity index (χ0n) is 6.83. The van der Waals surface area contributed by atoms with Crippen molar-refractivity contribution in [3.8, 4) is 0 Å². The second-order valence-electron chi connectivity index (χ2n) is 2.63. The van der Waals surface area contributed by atoms with Gasteiger partial charge in [0.15, 0.2) is 0 Å². The lowest BCUT2D eigenvalue weighted by atomic mass is 10.1. The second-order valence-corrected chi connectivity index (χ2v) is 4.64. The third kappa shape index (κ3) is 2.60. The Morgan fingerprint density at radius 2 is 1.93 bits per heavy atom. The largest absolute Gasteiger partial charge is 0.416 e. The molecule has 1 aromatic rings. The first-order chi connectivity index (χ1) is 6.36. The first kappa shape index (κ1) is 12.3. The predicted octanol–water partition coefficient (Wildman–Crippen LogP) is 3.53. The van der Waals surface area contributed by atoms with Gasteiger partial charge in [-0.2, -0.15) is 13.2 Å². The van der Waals surface area contributed by atoms with Gasteiger partial charge in [-0.05, 0) is 56.2 Å². The van der Waals surface area contributed by atoms with Gasteiger partial charge in [0, 0.05) is 14.6 Å². The Hall–Kier alpha value is 0.180. The summed E-state index contributed by atoms with van der Waals surface area (Å²) < 4.78 is 38.6. The average Bonchev–Trinajstić information content (AvgIpc) is 2.07. The maximum absolute atomic E-state index is 12.5. The average molecular weight is 380 g/mol. The van der Waals surface area contributed by atoms with Crippen LogP contribution in [0.2, 0.25) is 0 Å². The third-order valence-corrected chi connectivity index (χ3v) is 3.96. The van der Waals surface area contributed by atoms with Crippen molar-refractivity contribution in [3.63, 3.8) is 0 Å². The molecule has 0 spiro atoms. The fourth-order valence-electron chi connectivity index (χ4n) is 1.02. The van der Waals surface area contributed by atoms with E-state index < -0.39 is 11.7 Å². The Balaban J connectivity index is 3.35. The molecule has 78 valence electrons. The molecule has 1 aromatic carbocycles. The van der Waals surface area contributed by atoms with Crippen molar-refractivity contribution in [2.24, 2.45) is 5.73 Å². The van der Waals surface area contributed by atoms with Crippen molar-refractivity contribution < 1.29 is 13.2 Å². The molecule has 1 rings (SSSR count). The Kier molecular flexibility index (Phi) is 3.81. The zero-order chi connectivity index (χ0) is 10.9. The van der Waals surface area contributed by atoms with Gasteiger partial charge in [0.2, 0.25) is 0 Å². The van der Waals surface area contributed by atoms with Crippen molar-refractivity contribution in [3.05, 3.63) is 31.3 Å². The summed E-state index contributed by atoms with van der Waals surface area (Å²) in [6.45, 7) is -0.121. The summed E-state index contributed by atoms with van der Waals surface area (Å²) in [7, 11) is 0. The van der Waals surface area contributed by atoms with Crippen LogP contribution in [0.4, 0.5) is 13.2 Å². The van der Waals surface area contributed by atoms with Gasteiger partial charge in [0.25, 0.3) is 0 Å². The van der Waals surface area contributed by atoms with E-state index in [-0.39, 0.29) is 12.1 Å². The van der Waals surface area contributed by atoms with Gasteiger partial charge in [-0.25, -0.2) is 0 Å². The van der Waals surface area contributed by atoms with Gasteiger partial charge in [-0.3, -0.25) is 0 Å². The summed E-state index contributed by atoms with van der Waals surface area (Å²) in [5, 5.41) is 0. The molecule has 0 atom stereocenters. The van der Waals surface area contributed by atoms with Crippen LogP contribution in [-0.4, -0.2) is 0 Å². The van der Waals surface area contributed by atoms with Gasteiger partial charge in [0.1, 0.15) is 0 Å². The maximum Gasteiger partial charge on any atom is 0.416 e. The van der Waals surface area contributed by atoms with Gasteiger partial charge in [-0.15, -0.1) is 0 Å². The number of hydrogen-bond acceptors (Lipinski definition) is 1. The van der Waals surface area contributed by atoms with E-state index in [1.54, 1.807) is 0 Å². The number of nitrogens with two attached hydrogens (primary N) is 1. The molecule has 0 radical (unpaired) electrons. The number of benzene rings is 1. The Labute approximate surface area is 101 Å². The van der Waals surface area contributed by atoms with Crippen LogP contribution in [0.5, 0.6) is 0 Å². The molecule has 6 heteroatoms. The van der Waals surface area contributed by atoms with Crippen molar-refractivity contribution in [1.29, 1.82) is 0 Å². The normalized spacial score (nSPS) is 11.9. The van der Waals surface area contributed by atoms with Crippen LogP contribution < -0.4 is 5.73 Å². The molecular formula is C8H6BrF3IN. The number of halogens is 5. The lowest BCUT2D eigenvalue weighted by molar-refractivity contribution is -0.138. The molecular weight excluding hydrogens is 374 g/mol. The van der Waals surface area contributed by atoms with E-state index in [0.29, 0.717) is 8.04 Å². The topological polar surface area (TPSA) is 26.0 Å². The SMILES string of the molecule is NCc1cc(Br)c(I)cc1C(F)(F)F. The zero-order valence-corrected chi connectivity index (χ0v) is 10.6. The van der Waals surface area contributed by atoms with Crippen molar-refractivity contribution >= 4 is 38.5 Å². The summed E-state index contributed by atoms with van der Waals surface area (Å²) in [6.07, 6.45) is -4.34. The van der Waals surface area contributed by atoms with Crippen LogP contribution in [0.25, 0.3) is 0 Å². The third-order valence-electron chi connectivity index (χ3n) is 1.67. The fraction of sp³-hybridized carbons (Fsp3) is 0.250. The van der Waals surface area contributed by atoms with Gasteiger partial charge in [-0.1, -0.05) is 0 Å². The van der Waals surface area contributed by atoms with Crippen LogP contribution >= 0.6 is 38.5 Å². The van der Waals surface area contributed by atoms with Crippen molar-refractivity contribution in [1.82, 2.24) is 0 Å². The highest BCUT2D eigenvalue weighted by atomic mass is 127. The molecule has 2 N–H and O–H groups in total. The Bertz CT molecular complexity index is 351. The van der Waals surface area contributed by atoms with Crippen LogP contribution in [0.3, 0.4) is 0 Å². The summed E-state index contributed by atoms with van der Waals surface area (Å²) in [5.74, 6) is 0. The number of rotatable bonds is 1. The lowest BCUT2D eigenvalue weighted by Gasteiger charge is -2.12. The van der Waals surface area contributed by atoms with E-state index in [4.69, 9.17) is 5.73 Å². The molecule has 14 heavy (non-hydrogen) atoms. The molecule has 0 fully saturated rings. The highest BCUT2D eigenvalue weighted by Gasteiger charge is 2.33. The second kappa shape index (κ2) is 4.36. The van der Waals surface area contributed by atoms with E-state index in [9.17, 15) is 13.2 Å². The number of hydrogen-bond donors (Lipinski definition) is 1. The molecule has 0 aliphatic rings. The summed E-state index contributed by atoms with van der Waals surface area (Å²) in [6, 6.07) is 2.50. The predicted molar refractivity (Wildman–Crippen MR) is 59.8 cm³/mol. The van der Waals surface area contributed by atoms with Gasteiger partial charge >= 0.3 is 6.18 Å². The van der Waals surface area contributed by atoms with E-state index in [1.165, 1.54) is 6.07 Å². The van der Waals surface area contributed by atoms with Crippen molar-refractivity contribution in [2.45, 2.75) is 12.7 Å². The quantitative estimate of drug-likeness (QED) is 0.742. The number of alkyl halides is 3. The maximum atomic E-state index is 12.5. The van der Waals surface area contributed by atoms with E-state index in [1.807, 2.05) is 22.6 Å². The summed E-state index contributed by atoms with van der Waals surface area (Å²) >= 11 is 4.99. The molecule has 0 bridgehead atoms. The standard InChI is InChI=1S/C8H6BrF3IN/c9-6-1-4(3-14)5(2-7(6)13)8(10,11)12/h1-2H,3,14H2. The monoisotopic (exact) mass is 379 g/mol. The van der Waals surface area contributed by atoms with Gasteiger partial charge < -0.3 is 5.73 Å². The van der Waals surface area contributed by atoms with Crippen LogP contribution in [0.15, 0.2) is 16.6 Å². The molecule has 0 aliphatic carbocycles. The van der Waals surface area contributed by atoms with Gasteiger partial charge in [0.05, 0.1) is 5.56 Å². The van der Waals surface area contributed by atoms with Crippen LogP contribution in [0.1, 0.15) is 11.1 Å².